The molecule has 0 radical (unpaired) electrons. The number of hydrogen-bond donors (Lipinski definition) is 0. The summed E-state index contributed by atoms with van der Waals surface area (Å²) in [5.41, 5.74) is 3.22. The van der Waals surface area contributed by atoms with Crippen LogP contribution < -0.4 is 0 Å². The van der Waals surface area contributed by atoms with Crippen LogP contribution in [0.25, 0.3) is 22.3 Å². The van der Waals surface area contributed by atoms with Crippen LogP contribution in [0.4, 0.5) is 4.39 Å². The fraction of sp³-hybridized carbons (Fsp3) is 0.0588. The molecule has 2 nitrogen and oxygen atoms in total. The largest absolute Gasteiger partial charge is 0.206 e. The number of hydrogen-bond acceptors (Lipinski definition) is 2. The maximum Gasteiger partial charge on any atom is 0.160 e. The van der Waals surface area contributed by atoms with Gasteiger partial charge < -0.3 is 0 Å². The van der Waals surface area contributed by atoms with E-state index in [1.54, 1.807) is 30.3 Å². The summed E-state index contributed by atoms with van der Waals surface area (Å²) in [5.74, 6) is -0.355. The summed E-state index contributed by atoms with van der Waals surface area (Å²) in [7, 11) is 0. The molecule has 3 rings (SSSR count). The Balaban J connectivity index is 2.33. The van der Waals surface area contributed by atoms with E-state index in [9.17, 15) is 4.39 Å². The molecule has 110 valence electrons. The Morgan fingerprint density at radius 3 is 2.23 bits per heavy atom. The highest BCUT2D eigenvalue weighted by Crippen LogP contribution is 2.39. The molecule has 0 amide bonds. The summed E-state index contributed by atoms with van der Waals surface area (Å²) in [5, 5.41) is 8.77. The van der Waals surface area contributed by atoms with Gasteiger partial charge >= 0.3 is 0 Å². The molecule has 0 aliphatic carbocycles. The number of aryl methyl sites for hydroxylation is 1. The highest BCUT2D eigenvalue weighted by atomic mass is 35.5. The highest BCUT2D eigenvalue weighted by molar-refractivity contribution is 6.33. The van der Waals surface area contributed by atoms with Crippen LogP contribution in [0.2, 0.25) is 10.2 Å². The maximum absolute atomic E-state index is 14.2. The van der Waals surface area contributed by atoms with Crippen LogP contribution in [-0.2, 0) is 0 Å². The number of rotatable bonds is 2. The normalized spacial score (nSPS) is 10.7. The van der Waals surface area contributed by atoms with Gasteiger partial charge in [-0.15, -0.1) is 5.10 Å². The lowest BCUT2D eigenvalue weighted by atomic mass is 9.95. The van der Waals surface area contributed by atoms with Gasteiger partial charge in [0.15, 0.2) is 5.15 Å². The van der Waals surface area contributed by atoms with Crippen molar-refractivity contribution < 1.29 is 4.39 Å². The van der Waals surface area contributed by atoms with Crippen LogP contribution >= 0.6 is 23.2 Å². The van der Waals surface area contributed by atoms with Crippen LogP contribution in [0.1, 0.15) is 5.69 Å². The molecule has 2 aromatic carbocycles. The van der Waals surface area contributed by atoms with Crippen molar-refractivity contribution in [2.45, 2.75) is 6.92 Å². The summed E-state index contributed by atoms with van der Waals surface area (Å²) in [6.45, 7) is 1.82. The van der Waals surface area contributed by atoms with E-state index in [-0.39, 0.29) is 11.0 Å². The first-order valence-electron chi connectivity index (χ1n) is 6.61. The van der Waals surface area contributed by atoms with Crippen LogP contribution in [-0.4, -0.2) is 10.2 Å². The zero-order valence-electron chi connectivity index (χ0n) is 11.6. The van der Waals surface area contributed by atoms with E-state index in [0.717, 1.165) is 11.1 Å². The Morgan fingerprint density at radius 2 is 1.55 bits per heavy atom. The van der Waals surface area contributed by atoms with Crippen molar-refractivity contribution in [3.63, 3.8) is 0 Å². The predicted molar refractivity (Wildman–Crippen MR) is 87.6 cm³/mol. The first kappa shape index (κ1) is 14.9. The number of benzene rings is 2. The molecule has 1 aromatic heterocycles. The van der Waals surface area contributed by atoms with Crippen LogP contribution in [0.3, 0.4) is 0 Å². The van der Waals surface area contributed by atoms with Gasteiger partial charge in [-0.1, -0.05) is 53.5 Å². The second-order valence-electron chi connectivity index (χ2n) is 4.81. The fourth-order valence-electron chi connectivity index (χ4n) is 2.38. The molecular formula is C17H11Cl2FN2. The molecule has 0 unspecified atom stereocenters. The van der Waals surface area contributed by atoms with Gasteiger partial charge in [-0.25, -0.2) is 4.39 Å². The van der Waals surface area contributed by atoms with E-state index in [1.807, 2.05) is 19.1 Å². The molecule has 22 heavy (non-hydrogen) atoms. The lowest BCUT2D eigenvalue weighted by molar-refractivity contribution is 0.631. The summed E-state index contributed by atoms with van der Waals surface area (Å²) in [6, 6.07) is 13.7. The lowest BCUT2D eigenvalue weighted by Gasteiger charge is -2.14. The third-order valence-corrected chi connectivity index (χ3v) is 3.90. The quantitative estimate of drug-likeness (QED) is 0.613. The Labute approximate surface area is 137 Å². The minimum atomic E-state index is -0.355. The first-order chi connectivity index (χ1) is 10.6. The predicted octanol–water partition coefficient (Wildman–Crippen LogP) is 5.56. The minimum Gasteiger partial charge on any atom is -0.206 e. The van der Waals surface area contributed by atoms with E-state index in [2.05, 4.69) is 10.2 Å². The Kier molecular flexibility index (Phi) is 4.10. The smallest absolute Gasteiger partial charge is 0.160 e. The van der Waals surface area contributed by atoms with E-state index in [4.69, 9.17) is 23.2 Å². The van der Waals surface area contributed by atoms with Crippen molar-refractivity contribution in [1.29, 1.82) is 0 Å². The molecule has 0 N–H and O–H groups in total. The minimum absolute atomic E-state index is 0.167. The van der Waals surface area contributed by atoms with Gasteiger partial charge in [0, 0.05) is 21.7 Å². The van der Waals surface area contributed by atoms with Gasteiger partial charge in [-0.05, 0) is 30.7 Å². The molecule has 5 heteroatoms. The molecule has 0 atom stereocenters. The molecule has 0 spiro atoms. The third kappa shape index (κ3) is 2.70. The molecule has 0 aliphatic rings. The van der Waals surface area contributed by atoms with Crippen LogP contribution in [0.5, 0.6) is 0 Å². The number of aromatic nitrogens is 2. The van der Waals surface area contributed by atoms with Crippen molar-refractivity contribution in [3.8, 4) is 22.3 Å². The van der Waals surface area contributed by atoms with Crippen molar-refractivity contribution >= 4 is 23.2 Å². The number of nitrogens with zero attached hydrogens (tertiary/aromatic N) is 2. The van der Waals surface area contributed by atoms with Crippen molar-refractivity contribution in [2.75, 3.05) is 0 Å². The fourth-order valence-corrected chi connectivity index (χ4v) is 2.74. The monoisotopic (exact) mass is 332 g/mol. The summed E-state index contributed by atoms with van der Waals surface area (Å²) < 4.78 is 14.2. The molecular weight excluding hydrogens is 322 g/mol. The number of halogens is 3. The van der Waals surface area contributed by atoms with Gasteiger partial charge in [-0.2, -0.15) is 5.10 Å². The summed E-state index contributed by atoms with van der Waals surface area (Å²) in [6.07, 6.45) is 0. The Morgan fingerprint density at radius 1 is 0.864 bits per heavy atom. The van der Waals surface area contributed by atoms with Gasteiger partial charge in [0.1, 0.15) is 5.82 Å². The van der Waals surface area contributed by atoms with Gasteiger partial charge in [-0.3, -0.25) is 0 Å². The summed E-state index contributed by atoms with van der Waals surface area (Å²) >= 11 is 12.2. The topological polar surface area (TPSA) is 25.8 Å². The molecule has 1 heterocycles. The third-order valence-electron chi connectivity index (χ3n) is 3.38. The molecule has 0 saturated heterocycles. The zero-order chi connectivity index (χ0) is 15.7. The van der Waals surface area contributed by atoms with Crippen molar-refractivity contribution in [3.05, 3.63) is 70.2 Å². The lowest BCUT2D eigenvalue weighted by Crippen LogP contribution is -1.98. The average Bonchev–Trinajstić information content (AvgIpc) is 2.51. The van der Waals surface area contributed by atoms with Crippen LogP contribution in [0.15, 0.2) is 48.5 Å². The van der Waals surface area contributed by atoms with E-state index < -0.39 is 0 Å². The Bertz CT molecular complexity index is 833. The zero-order valence-corrected chi connectivity index (χ0v) is 13.2. The van der Waals surface area contributed by atoms with Crippen LogP contribution in [0, 0.1) is 12.7 Å². The Hall–Kier alpha value is -1.97. The molecule has 0 aliphatic heterocycles. The molecule has 3 aromatic rings. The second kappa shape index (κ2) is 6.03. The van der Waals surface area contributed by atoms with Gasteiger partial charge in [0.25, 0.3) is 0 Å². The van der Waals surface area contributed by atoms with E-state index in [0.29, 0.717) is 21.8 Å². The SMILES string of the molecule is Cc1nnc(Cl)c(-c2ccccc2F)c1-c1ccc(Cl)cc1. The van der Waals surface area contributed by atoms with E-state index in [1.165, 1.54) is 6.07 Å². The average molecular weight is 333 g/mol. The molecule has 0 fully saturated rings. The van der Waals surface area contributed by atoms with Crippen molar-refractivity contribution in [2.24, 2.45) is 0 Å². The summed E-state index contributed by atoms with van der Waals surface area (Å²) in [4.78, 5) is 0. The maximum atomic E-state index is 14.2. The molecule has 0 saturated carbocycles. The standard InChI is InChI=1S/C17H11Cl2FN2/c1-10-15(11-6-8-12(18)9-7-11)16(17(19)22-21-10)13-4-2-3-5-14(13)20/h2-9H,1H3. The first-order valence-corrected chi connectivity index (χ1v) is 7.37. The highest BCUT2D eigenvalue weighted by Gasteiger charge is 2.19. The molecule has 0 bridgehead atoms. The van der Waals surface area contributed by atoms with Gasteiger partial charge in [0.2, 0.25) is 0 Å². The van der Waals surface area contributed by atoms with Gasteiger partial charge in [0.05, 0.1) is 5.69 Å². The second-order valence-corrected chi connectivity index (χ2v) is 5.61. The van der Waals surface area contributed by atoms with E-state index >= 15 is 0 Å². The van der Waals surface area contributed by atoms with Crippen molar-refractivity contribution in [1.82, 2.24) is 10.2 Å².